The van der Waals surface area contributed by atoms with E-state index >= 15 is 0 Å². The molecule has 0 aliphatic rings. The van der Waals surface area contributed by atoms with Crippen LogP contribution in [0.4, 0.5) is 22.0 Å². The smallest absolute Gasteiger partial charge is 0.434 e. The van der Waals surface area contributed by atoms with E-state index in [0.717, 1.165) is 18.3 Å². The summed E-state index contributed by atoms with van der Waals surface area (Å²) in [4.78, 5) is 3.51. The Balaban J connectivity index is 1.98. The zero-order valence-corrected chi connectivity index (χ0v) is 12.4. The summed E-state index contributed by atoms with van der Waals surface area (Å²) in [6, 6.07) is 4.82. The first kappa shape index (κ1) is 16.2. The van der Waals surface area contributed by atoms with Crippen molar-refractivity contribution >= 4 is 5.65 Å². The van der Waals surface area contributed by atoms with Crippen LogP contribution in [0, 0.1) is 18.6 Å². The van der Waals surface area contributed by atoms with Gasteiger partial charge in [-0.1, -0.05) is 6.07 Å². The highest BCUT2D eigenvalue weighted by atomic mass is 19.4. The summed E-state index contributed by atoms with van der Waals surface area (Å²) >= 11 is 0. The molecule has 8 heteroatoms. The van der Waals surface area contributed by atoms with Gasteiger partial charge in [0.1, 0.15) is 18.2 Å². The van der Waals surface area contributed by atoms with Crippen molar-refractivity contribution in [2.45, 2.75) is 19.7 Å². The molecule has 0 bridgehead atoms. The molecule has 2 aromatic heterocycles. The molecule has 3 rings (SSSR count). The van der Waals surface area contributed by atoms with Crippen LogP contribution < -0.4 is 4.74 Å². The Kier molecular flexibility index (Phi) is 3.90. The zero-order valence-electron chi connectivity index (χ0n) is 12.4. The van der Waals surface area contributed by atoms with Gasteiger partial charge in [0.15, 0.2) is 17.1 Å². The lowest BCUT2D eigenvalue weighted by atomic mass is 10.2. The van der Waals surface area contributed by atoms with E-state index in [-0.39, 0.29) is 17.0 Å². The van der Waals surface area contributed by atoms with Crippen LogP contribution in [0.3, 0.4) is 0 Å². The zero-order chi connectivity index (χ0) is 17.5. The lowest BCUT2D eigenvalue weighted by molar-refractivity contribution is -0.140. The summed E-state index contributed by atoms with van der Waals surface area (Å²) in [5.41, 5.74) is -0.850. The highest BCUT2D eigenvalue weighted by Crippen LogP contribution is 2.31. The fourth-order valence-corrected chi connectivity index (χ4v) is 2.27. The minimum atomic E-state index is -4.60. The number of rotatable bonds is 3. The molecule has 24 heavy (non-hydrogen) atoms. The SMILES string of the molecule is Cc1cc(OCc2c(F)cccc2F)c2nc(C(F)(F)F)cn2c1. The average molecular weight is 342 g/mol. The van der Waals surface area contributed by atoms with Crippen LogP contribution in [0.1, 0.15) is 16.8 Å². The largest absolute Gasteiger partial charge is 0.485 e. The minimum absolute atomic E-state index is 0.00755. The van der Waals surface area contributed by atoms with Gasteiger partial charge in [-0.3, -0.25) is 0 Å². The lowest BCUT2D eigenvalue weighted by Gasteiger charge is -2.10. The summed E-state index contributed by atoms with van der Waals surface area (Å²) in [7, 11) is 0. The Morgan fingerprint density at radius 2 is 1.79 bits per heavy atom. The highest BCUT2D eigenvalue weighted by Gasteiger charge is 2.34. The predicted molar refractivity (Wildman–Crippen MR) is 75.6 cm³/mol. The van der Waals surface area contributed by atoms with Crippen molar-refractivity contribution in [3.8, 4) is 5.75 Å². The second-order valence-electron chi connectivity index (χ2n) is 5.23. The number of aryl methyl sites for hydroxylation is 1. The monoisotopic (exact) mass is 342 g/mol. The number of alkyl halides is 3. The predicted octanol–water partition coefficient (Wildman–Crippen LogP) is 4.52. The maximum Gasteiger partial charge on any atom is 0.434 e. The Morgan fingerprint density at radius 3 is 2.42 bits per heavy atom. The molecule has 1 aromatic carbocycles. The molecule has 0 saturated carbocycles. The summed E-state index contributed by atoms with van der Waals surface area (Å²) < 4.78 is 72.1. The molecule has 0 aliphatic carbocycles. The topological polar surface area (TPSA) is 26.5 Å². The van der Waals surface area contributed by atoms with Crippen LogP contribution in [-0.4, -0.2) is 9.38 Å². The number of benzene rings is 1. The molecule has 3 nitrogen and oxygen atoms in total. The molecule has 0 saturated heterocycles. The Labute approximate surface area is 133 Å². The van der Waals surface area contributed by atoms with Crippen LogP contribution in [-0.2, 0) is 12.8 Å². The molecule has 3 aromatic rings. The third kappa shape index (κ3) is 3.04. The second-order valence-corrected chi connectivity index (χ2v) is 5.23. The van der Waals surface area contributed by atoms with Gasteiger partial charge in [-0.15, -0.1) is 0 Å². The maximum absolute atomic E-state index is 13.6. The third-order valence-electron chi connectivity index (χ3n) is 3.38. The molecule has 0 spiro atoms. The van der Waals surface area contributed by atoms with Crippen LogP contribution >= 0.6 is 0 Å². The molecule has 126 valence electrons. The molecule has 0 N–H and O–H groups in total. The van der Waals surface area contributed by atoms with Crippen molar-refractivity contribution in [2.75, 3.05) is 0 Å². The fourth-order valence-electron chi connectivity index (χ4n) is 2.27. The summed E-state index contributed by atoms with van der Waals surface area (Å²) in [5, 5.41) is 0. The first-order valence-electron chi connectivity index (χ1n) is 6.88. The highest BCUT2D eigenvalue weighted by molar-refractivity contribution is 5.56. The van der Waals surface area contributed by atoms with E-state index in [2.05, 4.69) is 4.98 Å². The van der Waals surface area contributed by atoms with E-state index in [0.29, 0.717) is 5.56 Å². The number of hydrogen-bond donors (Lipinski definition) is 0. The van der Waals surface area contributed by atoms with E-state index in [4.69, 9.17) is 4.74 Å². The van der Waals surface area contributed by atoms with Crippen molar-refractivity contribution < 1.29 is 26.7 Å². The molecule has 0 atom stereocenters. The molecule has 2 heterocycles. The van der Waals surface area contributed by atoms with Gasteiger partial charge in [0.05, 0.1) is 5.56 Å². The Bertz CT molecular complexity index is 881. The molecule has 0 aliphatic heterocycles. The molecular weight excluding hydrogens is 331 g/mol. The van der Waals surface area contributed by atoms with Crippen LogP contribution in [0.25, 0.3) is 5.65 Å². The van der Waals surface area contributed by atoms with E-state index in [9.17, 15) is 22.0 Å². The molecular formula is C16H11F5N2O. The number of fused-ring (bicyclic) bond motifs is 1. The maximum atomic E-state index is 13.6. The third-order valence-corrected chi connectivity index (χ3v) is 3.38. The minimum Gasteiger partial charge on any atom is -0.485 e. The van der Waals surface area contributed by atoms with E-state index in [1.807, 2.05) is 0 Å². The first-order valence-corrected chi connectivity index (χ1v) is 6.88. The van der Waals surface area contributed by atoms with Gasteiger partial charge in [-0.2, -0.15) is 13.2 Å². The van der Waals surface area contributed by atoms with E-state index in [1.54, 1.807) is 6.92 Å². The lowest BCUT2D eigenvalue weighted by Crippen LogP contribution is -2.05. The normalized spacial score (nSPS) is 11.9. The van der Waals surface area contributed by atoms with Crippen LogP contribution in [0.2, 0.25) is 0 Å². The van der Waals surface area contributed by atoms with E-state index in [1.165, 1.54) is 22.7 Å². The molecule has 0 fully saturated rings. The fraction of sp³-hybridized carbons (Fsp3) is 0.188. The van der Waals surface area contributed by atoms with Crippen LogP contribution in [0.5, 0.6) is 5.75 Å². The molecule has 0 radical (unpaired) electrons. The summed E-state index contributed by atoms with van der Waals surface area (Å²) in [6.07, 6.45) is -2.32. The van der Waals surface area contributed by atoms with Gasteiger partial charge in [0, 0.05) is 12.4 Å². The quantitative estimate of drug-likeness (QED) is 0.654. The number of imidazole rings is 1. The van der Waals surface area contributed by atoms with Gasteiger partial charge in [-0.25, -0.2) is 13.8 Å². The van der Waals surface area contributed by atoms with Crippen molar-refractivity contribution in [1.82, 2.24) is 9.38 Å². The number of ether oxygens (including phenoxy) is 1. The van der Waals surface area contributed by atoms with Crippen molar-refractivity contribution in [2.24, 2.45) is 0 Å². The first-order chi connectivity index (χ1) is 11.3. The van der Waals surface area contributed by atoms with E-state index < -0.39 is 30.1 Å². The number of nitrogens with zero attached hydrogens (tertiary/aromatic N) is 2. The van der Waals surface area contributed by atoms with Gasteiger partial charge in [0.2, 0.25) is 0 Å². The Hall–Kier alpha value is -2.64. The standard InChI is InChI=1S/C16H11F5N2O/c1-9-5-13(24-8-10-11(17)3-2-4-12(10)18)15-22-14(16(19,20)21)7-23(15)6-9/h2-7H,8H2,1H3. The van der Waals surface area contributed by atoms with Crippen molar-refractivity contribution in [3.63, 3.8) is 0 Å². The number of hydrogen-bond acceptors (Lipinski definition) is 2. The van der Waals surface area contributed by atoms with Gasteiger partial charge in [-0.05, 0) is 30.7 Å². The number of aromatic nitrogens is 2. The summed E-state index contributed by atoms with van der Waals surface area (Å²) in [5.74, 6) is -1.58. The summed E-state index contributed by atoms with van der Waals surface area (Å²) in [6.45, 7) is 1.19. The van der Waals surface area contributed by atoms with Gasteiger partial charge < -0.3 is 9.14 Å². The Morgan fingerprint density at radius 1 is 1.12 bits per heavy atom. The second kappa shape index (κ2) is 5.77. The number of halogens is 5. The number of pyridine rings is 1. The molecule has 0 unspecified atom stereocenters. The average Bonchev–Trinajstić information content (AvgIpc) is 2.90. The molecule has 0 amide bonds. The van der Waals surface area contributed by atoms with Crippen LogP contribution in [0.15, 0.2) is 36.7 Å². The van der Waals surface area contributed by atoms with Gasteiger partial charge >= 0.3 is 6.18 Å². The van der Waals surface area contributed by atoms with Crippen molar-refractivity contribution in [1.29, 1.82) is 0 Å². The van der Waals surface area contributed by atoms with Crippen molar-refractivity contribution in [3.05, 3.63) is 65.1 Å². The van der Waals surface area contributed by atoms with Gasteiger partial charge in [0.25, 0.3) is 0 Å².